The van der Waals surface area contributed by atoms with Crippen LogP contribution in [0.5, 0.6) is 5.75 Å². The summed E-state index contributed by atoms with van der Waals surface area (Å²) >= 11 is 0. The second kappa shape index (κ2) is 10.1. The molecular weight excluding hydrogens is 426 g/mol. The normalized spacial score (nSPS) is 10.4. The van der Waals surface area contributed by atoms with Crippen LogP contribution in [0.2, 0.25) is 0 Å². The largest absolute Gasteiger partial charge is 0.482 e. The molecule has 0 aliphatic heterocycles. The lowest BCUT2D eigenvalue weighted by molar-refractivity contribution is -0.147. The molecule has 9 nitrogen and oxygen atoms in total. The van der Waals surface area contributed by atoms with Crippen LogP contribution in [0.4, 0.5) is 10.5 Å². The number of nitrogens with zero attached hydrogens (tertiary/aromatic N) is 1. The fraction of sp³-hybridized carbons (Fsp3) is 0.0833. The van der Waals surface area contributed by atoms with Gasteiger partial charge in [-0.2, -0.15) is 0 Å². The number of nitrogens with one attached hydrogen (secondary N) is 2. The lowest BCUT2D eigenvalue weighted by Gasteiger charge is -2.09. The third-order valence-electron chi connectivity index (χ3n) is 4.53. The van der Waals surface area contributed by atoms with Gasteiger partial charge in [0.2, 0.25) is 0 Å². The average molecular weight is 445 g/mol. The molecule has 0 bridgehead atoms. The van der Waals surface area contributed by atoms with Crippen molar-refractivity contribution in [3.8, 4) is 5.75 Å². The number of urea groups is 1. The molecule has 33 heavy (non-hydrogen) atoms. The predicted molar refractivity (Wildman–Crippen MR) is 119 cm³/mol. The number of anilines is 1. The molecule has 0 spiro atoms. The monoisotopic (exact) mass is 445 g/mol. The number of rotatable bonds is 7. The number of hydrogen-bond donors (Lipinski definition) is 2. The molecule has 3 amide bonds. The number of benzene rings is 3. The molecule has 0 aliphatic carbocycles. The number of carbonyl (C=O) groups is 3. The summed E-state index contributed by atoms with van der Waals surface area (Å²) in [6, 6.07) is 19.6. The Morgan fingerprint density at radius 2 is 1.73 bits per heavy atom. The van der Waals surface area contributed by atoms with Crippen LogP contribution >= 0.6 is 0 Å². The van der Waals surface area contributed by atoms with Crippen molar-refractivity contribution in [3.05, 3.63) is 90.3 Å². The molecule has 1 aromatic heterocycles. The van der Waals surface area contributed by atoms with Crippen LogP contribution in [0.1, 0.15) is 15.9 Å². The molecule has 1 heterocycles. The van der Waals surface area contributed by atoms with E-state index in [2.05, 4.69) is 15.6 Å². The first-order valence-electron chi connectivity index (χ1n) is 9.95. The second-order valence-corrected chi connectivity index (χ2v) is 6.90. The molecule has 4 aromatic rings. The van der Waals surface area contributed by atoms with Crippen LogP contribution in [-0.2, 0) is 16.1 Å². The molecule has 0 atom stereocenters. The Balaban J connectivity index is 1.22. The topological polar surface area (TPSA) is 120 Å². The SMILES string of the molecule is O=C(NC(=O)c1ccc2ncoc2c1)Nc1ccc(OCC(=O)OCc2ccccc2)cc1. The Morgan fingerprint density at radius 1 is 0.939 bits per heavy atom. The molecule has 4 rings (SSSR count). The molecule has 0 aliphatic rings. The van der Waals surface area contributed by atoms with Gasteiger partial charge in [0.15, 0.2) is 18.6 Å². The first kappa shape index (κ1) is 21.6. The minimum absolute atomic E-state index is 0.173. The smallest absolute Gasteiger partial charge is 0.344 e. The zero-order valence-electron chi connectivity index (χ0n) is 17.3. The van der Waals surface area contributed by atoms with Crippen LogP contribution in [-0.4, -0.2) is 29.5 Å². The quantitative estimate of drug-likeness (QED) is 0.414. The van der Waals surface area contributed by atoms with Crippen LogP contribution in [0.25, 0.3) is 11.1 Å². The highest BCUT2D eigenvalue weighted by molar-refractivity contribution is 6.08. The highest BCUT2D eigenvalue weighted by Gasteiger charge is 2.12. The van der Waals surface area contributed by atoms with E-state index in [1.165, 1.54) is 12.5 Å². The lowest BCUT2D eigenvalue weighted by atomic mass is 10.2. The standard InChI is InChI=1S/C24H19N3O6/c28-22(32-13-16-4-2-1-3-5-16)14-31-19-9-7-18(8-10-19)26-24(30)27-23(29)17-6-11-20-21(12-17)33-15-25-20/h1-12,15H,13-14H2,(H2,26,27,29,30). The highest BCUT2D eigenvalue weighted by Crippen LogP contribution is 2.16. The maximum atomic E-state index is 12.3. The maximum absolute atomic E-state index is 12.3. The van der Waals surface area contributed by atoms with Gasteiger partial charge in [0.25, 0.3) is 5.91 Å². The first-order valence-corrected chi connectivity index (χ1v) is 9.95. The van der Waals surface area contributed by atoms with E-state index in [4.69, 9.17) is 13.9 Å². The van der Waals surface area contributed by atoms with Crippen molar-refractivity contribution in [2.45, 2.75) is 6.61 Å². The molecule has 0 saturated carbocycles. The summed E-state index contributed by atoms with van der Waals surface area (Å²) in [5, 5.41) is 4.79. The number of esters is 1. The van der Waals surface area contributed by atoms with E-state index in [1.807, 2.05) is 30.3 Å². The van der Waals surface area contributed by atoms with Gasteiger partial charge >= 0.3 is 12.0 Å². The van der Waals surface area contributed by atoms with Gasteiger partial charge in [0.05, 0.1) is 0 Å². The third-order valence-corrected chi connectivity index (χ3v) is 4.53. The van der Waals surface area contributed by atoms with Crippen molar-refractivity contribution >= 4 is 34.7 Å². The van der Waals surface area contributed by atoms with Gasteiger partial charge < -0.3 is 19.2 Å². The number of oxazole rings is 1. The summed E-state index contributed by atoms with van der Waals surface area (Å²) < 4.78 is 15.7. The summed E-state index contributed by atoms with van der Waals surface area (Å²) in [7, 11) is 0. The number of amides is 3. The van der Waals surface area contributed by atoms with Gasteiger partial charge in [0.1, 0.15) is 17.9 Å². The zero-order valence-corrected chi connectivity index (χ0v) is 17.3. The van der Waals surface area contributed by atoms with Gasteiger partial charge in [-0.25, -0.2) is 14.6 Å². The van der Waals surface area contributed by atoms with Gasteiger partial charge in [0, 0.05) is 11.3 Å². The van der Waals surface area contributed by atoms with Crippen molar-refractivity contribution in [1.29, 1.82) is 0 Å². The van der Waals surface area contributed by atoms with Gasteiger partial charge in [-0.3, -0.25) is 10.1 Å². The fourth-order valence-electron chi connectivity index (χ4n) is 2.89. The van der Waals surface area contributed by atoms with E-state index in [0.717, 1.165) is 5.56 Å². The third kappa shape index (κ3) is 5.95. The molecule has 9 heteroatoms. The summed E-state index contributed by atoms with van der Waals surface area (Å²) in [5.41, 5.74) is 2.64. The first-order chi connectivity index (χ1) is 16.1. The second-order valence-electron chi connectivity index (χ2n) is 6.90. The average Bonchev–Trinajstić information content (AvgIpc) is 3.31. The maximum Gasteiger partial charge on any atom is 0.344 e. The predicted octanol–water partition coefficient (Wildman–Crippen LogP) is 3.91. The van der Waals surface area contributed by atoms with E-state index >= 15 is 0 Å². The molecule has 3 aromatic carbocycles. The van der Waals surface area contributed by atoms with Crippen LogP contribution in [0.3, 0.4) is 0 Å². The molecule has 0 radical (unpaired) electrons. The van der Waals surface area contributed by atoms with Crippen molar-refractivity contribution < 1.29 is 28.3 Å². The number of ether oxygens (including phenoxy) is 2. The van der Waals surface area contributed by atoms with Gasteiger partial charge in [-0.15, -0.1) is 0 Å². The minimum atomic E-state index is -0.698. The molecule has 0 saturated heterocycles. The molecule has 166 valence electrons. The van der Waals surface area contributed by atoms with Crippen molar-refractivity contribution in [3.63, 3.8) is 0 Å². The zero-order chi connectivity index (χ0) is 23.0. The molecule has 0 unspecified atom stereocenters. The molecule has 2 N–H and O–H groups in total. The number of aromatic nitrogens is 1. The van der Waals surface area contributed by atoms with Gasteiger partial charge in [-0.05, 0) is 48.0 Å². The molecular formula is C24H19N3O6. The number of hydrogen-bond acceptors (Lipinski definition) is 7. The van der Waals surface area contributed by atoms with Crippen molar-refractivity contribution in [2.24, 2.45) is 0 Å². The van der Waals surface area contributed by atoms with Gasteiger partial charge in [-0.1, -0.05) is 30.3 Å². The summed E-state index contributed by atoms with van der Waals surface area (Å²) in [6.45, 7) is -0.0733. The van der Waals surface area contributed by atoms with Crippen LogP contribution < -0.4 is 15.4 Å². The Bertz CT molecular complexity index is 1270. The van der Waals surface area contributed by atoms with Crippen LogP contribution in [0.15, 0.2) is 83.6 Å². The van der Waals surface area contributed by atoms with E-state index in [-0.39, 0.29) is 18.8 Å². The Hall–Kier alpha value is -4.66. The summed E-state index contributed by atoms with van der Waals surface area (Å²) in [4.78, 5) is 40.2. The summed E-state index contributed by atoms with van der Waals surface area (Å²) in [6.07, 6.45) is 1.28. The Morgan fingerprint density at radius 3 is 2.52 bits per heavy atom. The van der Waals surface area contributed by atoms with E-state index in [1.54, 1.807) is 36.4 Å². The molecule has 0 fully saturated rings. The lowest BCUT2D eigenvalue weighted by Crippen LogP contribution is -2.34. The van der Waals surface area contributed by atoms with E-state index < -0.39 is 17.9 Å². The minimum Gasteiger partial charge on any atom is -0.482 e. The Kier molecular flexibility index (Phi) is 6.60. The highest BCUT2D eigenvalue weighted by atomic mass is 16.6. The number of carbonyl (C=O) groups excluding carboxylic acids is 3. The summed E-state index contributed by atoms with van der Waals surface area (Å²) in [5.74, 6) is -0.656. The van der Waals surface area contributed by atoms with Crippen LogP contribution in [0, 0.1) is 0 Å². The fourth-order valence-corrected chi connectivity index (χ4v) is 2.89. The Labute approximate surface area is 188 Å². The number of fused-ring (bicyclic) bond motifs is 1. The van der Waals surface area contributed by atoms with E-state index in [9.17, 15) is 14.4 Å². The van der Waals surface area contributed by atoms with Crippen molar-refractivity contribution in [2.75, 3.05) is 11.9 Å². The van der Waals surface area contributed by atoms with E-state index in [0.29, 0.717) is 22.5 Å². The van der Waals surface area contributed by atoms with Crippen molar-refractivity contribution in [1.82, 2.24) is 10.3 Å². The number of imide groups is 1.